The molecule has 4 nitrogen and oxygen atoms in total. The summed E-state index contributed by atoms with van der Waals surface area (Å²) in [5.41, 5.74) is -0.0510. The summed E-state index contributed by atoms with van der Waals surface area (Å²) in [5, 5.41) is 10.4. The zero-order valence-electron chi connectivity index (χ0n) is 16.7. The van der Waals surface area contributed by atoms with Crippen LogP contribution in [0.15, 0.2) is 53.2 Å². The monoisotopic (exact) mass is 424 g/mol. The van der Waals surface area contributed by atoms with E-state index in [0.717, 1.165) is 40.4 Å². The van der Waals surface area contributed by atoms with Crippen LogP contribution >= 0.6 is 0 Å². The number of carboxylic acids is 1. The molecule has 158 valence electrons. The Hall–Kier alpha value is -3.35. The Morgan fingerprint density at radius 1 is 1.26 bits per heavy atom. The SMILES string of the molecule is CC1(F)C[C@@H]2CC3=c4ccccc4=NC3=C(c3c(F)cc(/C=C/C(=O)O)cc3F)N2C1. The molecule has 5 rings (SSSR count). The topological polar surface area (TPSA) is 52.9 Å². The molecule has 2 atom stereocenters. The lowest BCUT2D eigenvalue weighted by atomic mass is 9.91. The summed E-state index contributed by atoms with van der Waals surface area (Å²) in [6, 6.07) is 9.45. The van der Waals surface area contributed by atoms with E-state index in [9.17, 15) is 9.18 Å². The number of allylic oxidation sites excluding steroid dienone is 1. The molecule has 7 heteroatoms. The van der Waals surface area contributed by atoms with Gasteiger partial charge < -0.3 is 10.0 Å². The van der Waals surface area contributed by atoms with Gasteiger partial charge in [-0.1, -0.05) is 18.2 Å². The number of rotatable bonds is 3. The zero-order valence-corrected chi connectivity index (χ0v) is 16.7. The average Bonchev–Trinajstić information content (AvgIpc) is 3.21. The molecule has 2 aromatic carbocycles. The number of nitrogens with zero attached hydrogens (tertiary/aromatic N) is 2. The Morgan fingerprint density at radius 2 is 1.97 bits per heavy atom. The molecular formula is C24H19F3N2O2. The molecule has 0 amide bonds. The molecule has 0 bridgehead atoms. The molecular weight excluding hydrogens is 405 g/mol. The molecule has 0 saturated carbocycles. The van der Waals surface area contributed by atoms with Crippen molar-refractivity contribution in [2.75, 3.05) is 6.54 Å². The Kier molecular flexibility index (Phi) is 4.32. The van der Waals surface area contributed by atoms with E-state index in [2.05, 4.69) is 4.99 Å². The number of para-hydroxylation sites is 1. The van der Waals surface area contributed by atoms with Crippen molar-refractivity contribution in [1.82, 2.24) is 4.90 Å². The number of fused-ring (bicyclic) bond motifs is 3. The van der Waals surface area contributed by atoms with Crippen molar-refractivity contribution in [2.45, 2.75) is 31.5 Å². The van der Waals surface area contributed by atoms with Gasteiger partial charge in [-0.3, -0.25) is 0 Å². The quantitative estimate of drug-likeness (QED) is 0.769. The first kappa shape index (κ1) is 19.6. The molecule has 1 saturated heterocycles. The van der Waals surface area contributed by atoms with Gasteiger partial charge in [0, 0.05) is 23.8 Å². The second kappa shape index (κ2) is 6.83. The Bertz CT molecular complexity index is 1290. The van der Waals surface area contributed by atoms with Crippen LogP contribution in [0.5, 0.6) is 0 Å². The van der Waals surface area contributed by atoms with Crippen LogP contribution in [0.25, 0.3) is 17.3 Å². The third kappa shape index (κ3) is 3.24. The molecule has 0 spiro atoms. The molecule has 1 N–H and O–H groups in total. The number of hydrogen-bond donors (Lipinski definition) is 1. The van der Waals surface area contributed by atoms with Gasteiger partial charge in [0.25, 0.3) is 0 Å². The summed E-state index contributed by atoms with van der Waals surface area (Å²) in [6.07, 6.45) is 2.76. The fraction of sp³-hybridized carbons (Fsp3) is 0.250. The van der Waals surface area contributed by atoms with E-state index in [4.69, 9.17) is 5.11 Å². The van der Waals surface area contributed by atoms with Crippen molar-refractivity contribution in [3.05, 3.63) is 81.5 Å². The van der Waals surface area contributed by atoms with E-state index in [-0.39, 0.29) is 35.8 Å². The lowest BCUT2D eigenvalue weighted by molar-refractivity contribution is -0.131. The summed E-state index contributed by atoms with van der Waals surface area (Å²) in [5.74, 6) is -2.90. The van der Waals surface area contributed by atoms with Gasteiger partial charge in [-0.2, -0.15) is 0 Å². The van der Waals surface area contributed by atoms with Crippen LogP contribution in [-0.4, -0.2) is 34.2 Å². The normalized spacial score (nSPS) is 24.3. The predicted octanol–water partition coefficient (Wildman–Crippen LogP) is 3.42. The van der Waals surface area contributed by atoms with Gasteiger partial charge in [-0.15, -0.1) is 0 Å². The lowest BCUT2D eigenvalue weighted by Crippen LogP contribution is -2.35. The average molecular weight is 424 g/mol. The highest BCUT2D eigenvalue weighted by Gasteiger charge is 2.47. The first-order valence-corrected chi connectivity index (χ1v) is 10.0. The van der Waals surface area contributed by atoms with Crippen molar-refractivity contribution in [3.63, 3.8) is 0 Å². The van der Waals surface area contributed by atoms with Crippen LogP contribution in [0.1, 0.15) is 30.9 Å². The Morgan fingerprint density at radius 3 is 2.68 bits per heavy atom. The maximum Gasteiger partial charge on any atom is 0.328 e. The van der Waals surface area contributed by atoms with Crippen LogP contribution in [0, 0.1) is 11.6 Å². The van der Waals surface area contributed by atoms with Gasteiger partial charge in [0.2, 0.25) is 0 Å². The first-order valence-electron chi connectivity index (χ1n) is 10.0. The standard InChI is InChI=1S/C24H19F3N2O2/c1-24(27)11-14-10-16-15-4-2-3-5-19(15)28-22(16)23(29(14)12-24)21-17(25)8-13(9-18(21)26)6-7-20(30)31/h2-9,14H,10-12H2,1H3,(H,30,31)/b7-6+/t14-,24?/m0/s1. The zero-order chi connectivity index (χ0) is 21.9. The minimum atomic E-state index is -1.48. The van der Waals surface area contributed by atoms with Gasteiger partial charge in [-0.05, 0) is 48.8 Å². The van der Waals surface area contributed by atoms with E-state index in [1.54, 1.807) is 4.90 Å². The Balaban J connectivity index is 1.75. The molecule has 0 aliphatic carbocycles. The molecule has 3 heterocycles. The highest BCUT2D eigenvalue weighted by molar-refractivity contribution is 5.87. The molecule has 1 fully saturated rings. The maximum atomic E-state index is 15.2. The highest BCUT2D eigenvalue weighted by Crippen LogP contribution is 2.47. The number of hydrogen-bond acceptors (Lipinski definition) is 3. The van der Waals surface area contributed by atoms with E-state index < -0.39 is 23.3 Å². The van der Waals surface area contributed by atoms with Crippen LogP contribution in [0.3, 0.4) is 0 Å². The number of halogens is 3. The van der Waals surface area contributed by atoms with E-state index in [0.29, 0.717) is 12.1 Å². The number of aliphatic carboxylic acids is 1. The highest BCUT2D eigenvalue weighted by atomic mass is 19.1. The maximum absolute atomic E-state index is 15.2. The lowest BCUT2D eigenvalue weighted by Gasteiger charge is -2.35. The first-order chi connectivity index (χ1) is 14.7. The number of benzene rings is 2. The van der Waals surface area contributed by atoms with Crippen LogP contribution in [-0.2, 0) is 4.79 Å². The fourth-order valence-corrected chi connectivity index (χ4v) is 4.85. The number of alkyl halides is 1. The molecule has 3 aliphatic rings. The van der Waals surface area contributed by atoms with Gasteiger partial charge in [0.05, 0.1) is 28.9 Å². The molecule has 1 unspecified atom stereocenters. The van der Waals surface area contributed by atoms with Crippen LogP contribution < -0.4 is 10.6 Å². The molecule has 2 aromatic rings. The fourth-order valence-electron chi connectivity index (χ4n) is 4.85. The van der Waals surface area contributed by atoms with Gasteiger partial charge in [-0.25, -0.2) is 23.0 Å². The summed E-state index contributed by atoms with van der Waals surface area (Å²) in [7, 11) is 0. The van der Waals surface area contributed by atoms with E-state index >= 15 is 8.78 Å². The molecule has 0 radical (unpaired) electrons. The predicted molar refractivity (Wildman–Crippen MR) is 110 cm³/mol. The third-order valence-corrected chi connectivity index (χ3v) is 6.02. The van der Waals surface area contributed by atoms with Gasteiger partial charge in [0.1, 0.15) is 17.3 Å². The summed E-state index contributed by atoms with van der Waals surface area (Å²) in [6.45, 7) is 1.53. The molecule has 3 aliphatic heterocycles. The largest absolute Gasteiger partial charge is 0.478 e. The summed E-state index contributed by atoms with van der Waals surface area (Å²) in [4.78, 5) is 17.1. The minimum Gasteiger partial charge on any atom is -0.478 e. The second-order valence-corrected chi connectivity index (χ2v) is 8.44. The third-order valence-electron chi connectivity index (χ3n) is 6.02. The van der Waals surface area contributed by atoms with Gasteiger partial charge in [0.15, 0.2) is 0 Å². The van der Waals surface area contributed by atoms with Gasteiger partial charge >= 0.3 is 5.97 Å². The van der Waals surface area contributed by atoms with Crippen molar-refractivity contribution in [2.24, 2.45) is 4.99 Å². The van der Waals surface area contributed by atoms with E-state index in [1.807, 2.05) is 24.3 Å². The molecule has 31 heavy (non-hydrogen) atoms. The van der Waals surface area contributed by atoms with Crippen molar-refractivity contribution >= 4 is 23.3 Å². The smallest absolute Gasteiger partial charge is 0.328 e. The molecule has 0 aromatic heterocycles. The van der Waals surface area contributed by atoms with Crippen molar-refractivity contribution in [3.8, 4) is 0 Å². The van der Waals surface area contributed by atoms with Crippen LogP contribution in [0.4, 0.5) is 13.2 Å². The summed E-state index contributed by atoms with van der Waals surface area (Å²) >= 11 is 0. The minimum absolute atomic E-state index is 0.0230. The van der Waals surface area contributed by atoms with Crippen molar-refractivity contribution in [1.29, 1.82) is 0 Å². The number of carboxylic acid groups (broad SMARTS) is 1. The number of carbonyl (C=O) groups is 1. The Labute approximate surface area is 176 Å². The van der Waals surface area contributed by atoms with Crippen molar-refractivity contribution < 1.29 is 23.1 Å². The summed E-state index contributed by atoms with van der Waals surface area (Å²) < 4.78 is 45.4. The second-order valence-electron chi connectivity index (χ2n) is 8.44. The van der Waals surface area contributed by atoms with Crippen LogP contribution in [0.2, 0.25) is 0 Å². The van der Waals surface area contributed by atoms with E-state index in [1.165, 1.54) is 6.92 Å².